The highest BCUT2D eigenvalue weighted by molar-refractivity contribution is 8.19. The Morgan fingerprint density at radius 2 is 1.59 bits per heavy atom. The van der Waals surface area contributed by atoms with Gasteiger partial charge in [-0.25, -0.2) is 4.99 Å². The maximum Gasteiger partial charge on any atom is 0.271 e. The van der Waals surface area contributed by atoms with Gasteiger partial charge in [0.05, 0.1) is 16.3 Å². The molecule has 1 amide bonds. The zero-order valence-electron chi connectivity index (χ0n) is 14.3. The van der Waals surface area contributed by atoms with Crippen LogP contribution in [0.1, 0.15) is 5.56 Å². The third-order valence-corrected chi connectivity index (χ3v) is 4.94. The maximum atomic E-state index is 13.1. The molecule has 0 unspecified atom stereocenters. The topological polar surface area (TPSA) is 52.9 Å². The molecule has 0 aliphatic carbocycles. The first-order valence-corrected chi connectivity index (χ1v) is 9.24. The molecule has 0 atom stereocenters. The number of carbonyl (C=O) groups is 1. The van der Waals surface area contributed by atoms with E-state index in [9.17, 15) is 9.90 Å². The first-order valence-electron chi connectivity index (χ1n) is 8.42. The highest BCUT2D eigenvalue weighted by Crippen LogP contribution is 2.37. The Bertz CT molecular complexity index is 1030. The Kier molecular flexibility index (Phi) is 4.77. The molecular weight excluding hydrogens is 356 g/mol. The molecule has 0 radical (unpaired) electrons. The van der Waals surface area contributed by atoms with Crippen molar-refractivity contribution in [3.63, 3.8) is 0 Å². The summed E-state index contributed by atoms with van der Waals surface area (Å²) in [5.41, 5.74) is 2.32. The third kappa shape index (κ3) is 3.78. The number of hydrogen-bond donors (Lipinski definition) is 1. The summed E-state index contributed by atoms with van der Waals surface area (Å²) in [5, 5.41) is 10.3. The summed E-state index contributed by atoms with van der Waals surface area (Å²) < 4.78 is 0. The first-order chi connectivity index (χ1) is 13.2. The van der Waals surface area contributed by atoms with Crippen LogP contribution in [-0.4, -0.2) is 16.2 Å². The van der Waals surface area contributed by atoms with E-state index in [2.05, 4.69) is 4.99 Å². The summed E-state index contributed by atoms with van der Waals surface area (Å²) >= 11 is 1.32. The van der Waals surface area contributed by atoms with Gasteiger partial charge in [-0.2, -0.15) is 0 Å². The molecule has 1 fully saturated rings. The van der Waals surface area contributed by atoms with Crippen molar-refractivity contribution in [3.05, 3.63) is 95.4 Å². The van der Waals surface area contributed by atoms with Gasteiger partial charge in [0, 0.05) is 0 Å². The number of rotatable bonds is 3. The van der Waals surface area contributed by atoms with Crippen LogP contribution in [0.25, 0.3) is 6.08 Å². The number of aromatic hydroxyl groups is 1. The molecule has 1 aliphatic rings. The van der Waals surface area contributed by atoms with Crippen molar-refractivity contribution in [2.75, 3.05) is 4.90 Å². The van der Waals surface area contributed by atoms with E-state index >= 15 is 0 Å². The van der Waals surface area contributed by atoms with Crippen molar-refractivity contribution in [2.45, 2.75) is 0 Å². The number of thioether (sulfide) groups is 1. The van der Waals surface area contributed by atoms with E-state index < -0.39 is 0 Å². The molecule has 132 valence electrons. The summed E-state index contributed by atoms with van der Waals surface area (Å²) in [5.74, 6) is 0.0297. The molecule has 0 saturated carbocycles. The summed E-state index contributed by atoms with van der Waals surface area (Å²) in [4.78, 5) is 19.9. The number of phenolic OH excluding ortho intramolecular Hbond substituents is 1. The molecule has 1 heterocycles. The zero-order chi connectivity index (χ0) is 18.6. The molecule has 5 heteroatoms. The predicted molar refractivity (Wildman–Crippen MR) is 111 cm³/mol. The second-order valence-electron chi connectivity index (χ2n) is 5.91. The number of nitrogens with zero attached hydrogens (tertiary/aromatic N) is 2. The van der Waals surface area contributed by atoms with E-state index in [0.29, 0.717) is 10.1 Å². The van der Waals surface area contributed by atoms with Crippen LogP contribution in [0.3, 0.4) is 0 Å². The molecular formula is C22H16N2O2S. The van der Waals surface area contributed by atoms with Crippen LogP contribution in [0.2, 0.25) is 0 Å². The summed E-state index contributed by atoms with van der Waals surface area (Å²) in [6, 6.07) is 25.9. The Morgan fingerprint density at radius 3 is 2.30 bits per heavy atom. The molecule has 0 bridgehead atoms. The normalized spacial score (nSPS) is 17.0. The lowest BCUT2D eigenvalue weighted by molar-refractivity contribution is -0.113. The van der Waals surface area contributed by atoms with E-state index in [1.54, 1.807) is 29.2 Å². The minimum atomic E-state index is -0.135. The summed E-state index contributed by atoms with van der Waals surface area (Å²) in [7, 11) is 0. The van der Waals surface area contributed by atoms with Gasteiger partial charge in [-0.3, -0.25) is 9.69 Å². The fraction of sp³-hybridized carbons (Fsp3) is 0. The lowest BCUT2D eigenvalue weighted by atomic mass is 10.2. The fourth-order valence-corrected chi connectivity index (χ4v) is 3.73. The number of carbonyl (C=O) groups excluding carboxylic acids is 1. The molecule has 1 saturated heterocycles. The smallest absolute Gasteiger partial charge is 0.271 e. The van der Waals surface area contributed by atoms with Crippen molar-refractivity contribution >= 4 is 40.3 Å². The highest BCUT2D eigenvalue weighted by Gasteiger charge is 2.34. The molecule has 3 aromatic rings. The van der Waals surface area contributed by atoms with Crippen LogP contribution in [0.5, 0.6) is 5.75 Å². The van der Waals surface area contributed by atoms with Crippen molar-refractivity contribution in [3.8, 4) is 5.75 Å². The molecule has 0 aromatic heterocycles. The van der Waals surface area contributed by atoms with Gasteiger partial charge in [-0.15, -0.1) is 0 Å². The quantitative estimate of drug-likeness (QED) is 0.643. The van der Waals surface area contributed by atoms with Crippen LogP contribution in [0.15, 0.2) is 94.8 Å². The number of phenols is 1. The molecule has 27 heavy (non-hydrogen) atoms. The largest absolute Gasteiger partial charge is 0.508 e. The van der Waals surface area contributed by atoms with E-state index in [0.717, 1.165) is 16.9 Å². The Morgan fingerprint density at radius 1 is 0.889 bits per heavy atom. The second-order valence-corrected chi connectivity index (χ2v) is 6.92. The zero-order valence-corrected chi connectivity index (χ0v) is 15.1. The van der Waals surface area contributed by atoms with E-state index in [-0.39, 0.29) is 11.7 Å². The maximum absolute atomic E-state index is 13.1. The van der Waals surface area contributed by atoms with Gasteiger partial charge in [0.1, 0.15) is 5.75 Å². The highest BCUT2D eigenvalue weighted by atomic mass is 32.2. The lowest BCUT2D eigenvalue weighted by Gasteiger charge is -2.15. The number of aliphatic imine (C=N–C) groups is 1. The average molecular weight is 372 g/mol. The number of hydrogen-bond acceptors (Lipinski definition) is 4. The number of amidine groups is 1. The Labute approximate surface area is 161 Å². The van der Waals surface area contributed by atoms with E-state index in [1.165, 1.54) is 11.8 Å². The van der Waals surface area contributed by atoms with Crippen molar-refractivity contribution < 1.29 is 9.90 Å². The van der Waals surface area contributed by atoms with Gasteiger partial charge in [-0.1, -0.05) is 48.5 Å². The van der Waals surface area contributed by atoms with Gasteiger partial charge in [-0.05, 0) is 59.8 Å². The van der Waals surface area contributed by atoms with Gasteiger partial charge >= 0.3 is 0 Å². The van der Waals surface area contributed by atoms with Crippen molar-refractivity contribution in [1.82, 2.24) is 0 Å². The molecule has 0 spiro atoms. The minimum Gasteiger partial charge on any atom is -0.508 e. The van der Waals surface area contributed by atoms with E-state index in [1.807, 2.05) is 66.7 Å². The summed E-state index contributed by atoms with van der Waals surface area (Å²) in [6.07, 6.45) is 1.77. The number of para-hydroxylation sites is 2. The Hall–Kier alpha value is -3.31. The van der Waals surface area contributed by atoms with Crippen LogP contribution in [0, 0.1) is 0 Å². The molecule has 4 rings (SSSR count). The molecule has 4 nitrogen and oxygen atoms in total. The average Bonchev–Trinajstić information content (AvgIpc) is 2.98. The SMILES string of the molecule is O=C1C(=Cc2cccc(O)c2)SC(=Nc2ccccc2)N1c1ccccc1. The minimum absolute atomic E-state index is 0.135. The Balaban J connectivity index is 1.77. The van der Waals surface area contributed by atoms with Crippen LogP contribution < -0.4 is 4.90 Å². The summed E-state index contributed by atoms with van der Waals surface area (Å²) in [6.45, 7) is 0. The molecule has 3 aromatic carbocycles. The van der Waals surface area contributed by atoms with Crippen LogP contribution >= 0.6 is 11.8 Å². The number of benzene rings is 3. The van der Waals surface area contributed by atoms with Crippen molar-refractivity contribution in [2.24, 2.45) is 4.99 Å². The van der Waals surface area contributed by atoms with E-state index in [4.69, 9.17) is 0 Å². The van der Waals surface area contributed by atoms with Gasteiger partial charge in [0.2, 0.25) is 0 Å². The predicted octanol–water partition coefficient (Wildman–Crippen LogP) is 5.20. The lowest BCUT2D eigenvalue weighted by Crippen LogP contribution is -2.28. The standard InChI is InChI=1S/C22H16N2O2S/c25-19-13-7-8-16(14-19)15-20-21(26)24(18-11-5-2-6-12-18)22(27-20)23-17-9-3-1-4-10-17/h1-15,25H. The van der Waals surface area contributed by atoms with Gasteiger partial charge in [0.25, 0.3) is 5.91 Å². The third-order valence-electron chi connectivity index (χ3n) is 3.97. The van der Waals surface area contributed by atoms with Gasteiger partial charge < -0.3 is 5.11 Å². The molecule has 1 aliphatic heterocycles. The van der Waals surface area contributed by atoms with Crippen LogP contribution in [-0.2, 0) is 4.79 Å². The fourth-order valence-electron chi connectivity index (χ4n) is 2.73. The van der Waals surface area contributed by atoms with Gasteiger partial charge in [0.15, 0.2) is 5.17 Å². The van der Waals surface area contributed by atoms with Crippen LogP contribution in [0.4, 0.5) is 11.4 Å². The second kappa shape index (κ2) is 7.51. The number of anilines is 1. The van der Waals surface area contributed by atoms with Crippen molar-refractivity contribution in [1.29, 1.82) is 0 Å². The molecule has 1 N–H and O–H groups in total. The monoisotopic (exact) mass is 372 g/mol. The first kappa shape index (κ1) is 17.1. The number of amides is 1.